The molecule has 12 heavy (non-hydrogen) atoms. The van der Waals surface area contributed by atoms with Crippen LogP contribution in [0.15, 0.2) is 0 Å². The van der Waals surface area contributed by atoms with Gasteiger partial charge in [-0.05, 0) is 40.8 Å². The molecule has 1 rings (SSSR count). The molecule has 0 aromatic heterocycles. The van der Waals surface area contributed by atoms with Crippen molar-refractivity contribution in [1.82, 2.24) is 12.7 Å². The van der Waals surface area contributed by atoms with Crippen molar-refractivity contribution >= 4 is 27.4 Å². The van der Waals surface area contributed by atoms with Gasteiger partial charge in [0.15, 0.2) is 27.4 Å². The molecule has 1 aliphatic rings. The Morgan fingerprint density at radius 3 is 0.917 bits per heavy atom. The van der Waals surface area contributed by atoms with Gasteiger partial charge in [-0.15, -0.1) is 0 Å². The third-order valence-electron chi connectivity index (χ3n) is 3.54. The summed E-state index contributed by atoms with van der Waals surface area (Å²) in [6.45, 7) is 7.38. The highest BCUT2D eigenvalue weighted by atomic mass is 28.4. The molecule has 0 unspecified atom stereocenters. The first-order valence-electron chi connectivity index (χ1n) is 4.62. The molecule has 0 atom stereocenters. The molecule has 1 heterocycles. The second-order valence-electron chi connectivity index (χ2n) is 3.89. The van der Waals surface area contributed by atoms with Crippen LogP contribution in [0.4, 0.5) is 0 Å². The predicted octanol–water partition coefficient (Wildman–Crippen LogP) is -0.654. The van der Waals surface area contributed by atoms with Crippen LogP contribution in [0.3, 0.4) is 0 Å². The van der Waals surface area contributed by atoms with E-state index in [2.05, 4.69) is 53.5 Å². The highest BCUT2D eigenvalue weighted by Gasteiger charge is 2.36. The van der Waals surface area contributed by atoms with Gasteiger partial charge in [-0.25, -0.2) is 0 Å². The van der Waals surface area contributed by atoms with E-state index in [9.17, 15) is 0 Å². The fraction of sp³-hybridized carbons (Fsp3) is 1.00. The van der Waals surface area contributed by atoms with Gasteiger partial charge in [0.2, 0.25) is 0 Å². The van der Waals surface area contributed by atoms with Crippen molar-refractivity contribution in [1.29, 1.82) is 0 Å². The molecule has 0 aromatic carbocycles. The Labute approximate surface area is 81.3 Å². The predicted molar refractivity (Wildman–Crippen MR) is 62.3 cm³/mol. The van der Waals surface area contributed by atoms with Crippen molar-refractivity contribution in [3.8, 4) is 0 Å². The molecule has 1 aliphatic heterocycles. The molecule has 1 fully saturated rings. The molecule has 72 valence electrons. The summed E-state index contributed by atoms with van der Waals surface area (Å²) < 4.78 is 8.06. The lowest BCUT2D eigenvalue weighted by Crippen LogP contribution is -2.72. The summed E-state index contributed by atoms with van der Waals surface area (Å²) in [5.74, 6) is 0. The summed E-state index contributed by atoms with van der Waals surface area (Å²) in [6, 6.07) is 0. The van der Waals surface area contributed by atoms with Gasteiger partial charge < -0.3 is 12.7 Å². The maximum atomic E-state index is 2.69. The second kappa shape index (κ2) is 3.72. The van der Waals surface area contributed by atoms with E-state index in [1.54, 1.807) is 0 Å². The zero-order chi connectivity index (χ0) is 9.46. The van der Waals surface area contributed by atoms with Crippen LogP contribution in [-0.4, -0.2) is 61.2 Å². The Hall–Kier alpha value is 0.531. The van der Waals surface area contributed by atoms with E-state index in [1.165, 1.54) is 0 Å². The van der Waals surface area contributed by atoms with Gasteiger partial charge in [0.05, 0.1) is 0 Å². The lowest BCUT2D eigenvalue weighted by atomic mass is 11.6. The molecule has 6 heteroatoms. The normalized spacial score (nSPS) is 42.0. The molecular weight excluding hydrogens is 198 g/mol. The van der Waals surface area contributed by atoms with Crippen LogP contribution in [0.5, 0.6) is 0 Å². The maximum Gasteiger partial charge on any atom is 0.174 e. The number of nitrogens with zero attached hydrogens (tertiary/aromatic N) is 3. The van der Waals surface area contributed by atoms with Gasteiger partial charge in [0.25, 0.3) is 0 Å². The summed E-state index contributed by atoms with van der Waals surface area (Å²) in [5, 5.41) is 0. The Balaban J connectivity index is 2.76. The van der Waals surface area contributed by atoms with Crippen molar-refractivity contribution in [2.24, 2.45) is 0 Å². The summed E-state index contributed by atoms with van der Waals surface area (Å²) in [4.78, 5) is 0. The lowest BCUT2D eigenvalue weighted by Gasteiger charge is -2.50. The molecule has 0 amide bonds. The second-order valence-corrected chi connectivity index (χ2v) is 14.4. The van der Waals surface area contributed by atoms with Crippen LogP contribution in [0.25, 0.3) is 0 Å². The van der Waals surface area contributed by atoms with Gasteiger partial charge in [0.1, 0.15) is 0 Å². The zero-order valence-electron chi connectivity index (χ0n) is 9.07. The van der Waals surface area contributed by atoms with Crippen molar-refractivity contribution in [3.63, 3.8) is 0 Å². The van der Waals surface area contributed by atoms with Crippen molar-refractivity contribution in [3.05, 3.63) is 0 Å². The number of hydrogen-bond acceptors (Lipinski definition) is 3. The number of hydrogen-bond donors (Lipinski definition) is 0. The van der Waals surface area contributed by atoms with E-state index in [1.807, 2.05) is 0 Å². The van der Waals surface area contributed by atoms with Gasteiger partial charge in [-0.1, -0.05) is 0 Å². The molecule has 0 aromatic rings. The van der Waals surface area contributed by atoms with E-state index >= 15 is 0 Å². The fourth-order valence-corrected chi connectivity index (χ4v) is 16.2. The van der Waals surface area contributed by atoms with E-state index in [0.29, 0.717) is 0 Å². The first-order chi connectivity index (χ1) is 5.46. The average Bonchev–Trinajstić information content (AvgIpc) is 2.08. The minimum Gasteiger partial charge on any atom is -0.330 e. The molecule has 0 spiro atoms. The van der Waals surface area contributed by atoms with Crippen molar-refractivity contribution in [2.75, 3.05) is 21.1 Å². The van der Waals surface area contributed by atoms with Gasteiger partial charge in [0, 0.05) is 0 Å². The van der Waals surface area contributed by atoms with Gasteiger partial charge >= 0.3 is 0 Å². The summed E-state index contributed by atoms with van der Waals surface area (Å²) in [7, 11) is 4.90. The molecule has 0 saturated carbocycles. The third kappa shape index (κ3) is 1.59. The topological polar surface area (TPSA) is 9.72 Å². The summed E-state index contributed by atoms with van der Waals surface area (Å²) in [6.07, 6.45) is 0. The van der Waals surface area contributed by atoms with Crippen LogP contribution in [0, 0.1) is 0 Å². The van der Waals surface area contributed by atoms with Crippen molar-refractivity contribution in [2.45, 2.75) is 19.6 Å². The molecule has 0 bridgehead atoms. The molecule has 3 nitrogen and oxygen atoms in total. The highest BCUT2D eigenvalue weighted by Crippen LogP contribution is 2.13. The van der Waals surface area contributed by atoms with Crippen LogP contribution in [0.1, 0.15) is 0 Å². The molecule has 1 saturated heterocycles. The average molecular weight is 220 g/mol. The standard InChI is InChI=1S/C6H21N3Si3/c1-7-10(4)8(2)12(6)9(3)11(7)5/h10-12H,1-6H3. The van der Waals surface area contributed by atoms with Crippen LogP contribution >= 0.6 is 0 Å². The Morgan fingerprint density at radius 1 is 0.583 bits per heavy atom. The van der Waals surface area contributed by atoms with Gasteiger partial charge in [-0.3, -0.25) is 0 Å². The van der Waals surface area contributed by atoms with Crippen molar-refractivity contribution < 1.29 is 0 Å². The first kappa shape index (κ1) is 10.6. The summed E-state index contributed by atoms with van der Waals surface area (Å²) >= 11 is 0. The Morgan fingerprint density at radius 2 is 0.750 bits per heavy atom. The van der Waals surface area contributed by atoms with E-state index in [0.717, 1.165) is 0 Å². The van der Waals surface area contributed by atoms with Crippen LogP contribution < -0.4 is 0 Å². The molecule has 0 N–H and O–H groups in total. The zero-order valence-corrected chi connectivity index (χ0v) is 12.5. The highest BCUT2D eigenvalue weighted by molar-refractivity contribution is 6.84. The molecular formula is C6H21N3Si3. The first-order valence-corrected chi connectivity index (χ1v) is 11.2. The maximum absolute atomic E-state index is 2.69. The third-order valence-corrected chi connectivity index (χ3v) is 18.4. The van der Waals surface area contributed by atoms with Crippen LogP contribution in [0.2, 0.25) is 19.6 Å². The monoisotopic (exact) mass is 219 g/mol. The van der Waals surface area contributed by atoms with E-state index in [-0.39, 0.29) is 0 Å². The van der Waals surface area contributed by atoms with E-state index < -0.39 is 27.4 Å². The lowest BCUT2D eigenvalue weighted by molar-refractivity contribution is 0.545. The fourth-order valence-electron chi connectivity index (χ4n) is 1.80. The largest absolute Gasteiger partial charge is 0.330 e. The van der Waals surface area contributed by atoms with E-state index in [4.69, 9.17) is 0 Å². The minimum atomic E-state index is -0.689. The Kier molecular flexibility index (Phi) is 3.29. The minimum absolute atomic E-state index is 0.689. The molecule has 0 radical (unpaired) electrons. The SMILES string of the molecule is CN1[SiH](C)N(C)[SiH](C)N(C)[SiH]1C. The molecule has 0 aliphatic carbocycles. The summed E-state index contributed by atoms with van der Waals surface area (Å²) in [5.41, 5.74) is 0. The Bertz CT molecular complexity index is 110. The number of rotatable bonds is 0. The quantitative estimate of drug-likeness (QED) is 0.501. The smallest absolute Gasteiger partial charge is 0.174 e. The van der Waals surface area contributed by atoms with Gasteiger partial charge in [-0.2, -0.15) is 0 Å². The van der Waals surface area contributed by atoms with Crippen LogP contribution in [-0.2, 0) is 0 Å².